The minimum absolute atomic E-state index is 0. The molecule has 1 unspecified atom stereocenters. The van der Waals surface area contributed by atoms with Gasteiger partial charge in [-0.15, -0.1) is 24.0 Å². The molecule has 0 bridgehead atoms. The highest BCUT2D eigenvalue weighted by atomic mass is 127. The van der Waals surface area contributed by atoms with Gasteiger partial charge in [0.2, 0.25) is 5.91 Å². The molecular weight excluding hydrogens is 415 g/mol. The van der Waals surface area contributed by atoms with Gasteiger partial charge in [-0.3, -0.25) is 9.79 Å². The SMILES string of the molecule is CCNC(=NCC1CC(=O)N(CCc2ccccc2)C1)N(C)C.I. The first-order chi connectivity index (χ1) is 11.1. The van der Waals surface area contributed by atoms with Crippen molar-refractivity contribution in [1.82, 2.24) is 15.1 Å². The van der Waals surface area contributed by atoms with Gasteiger partial charge in [0.1, 0.15) is 0 Å². The molecule has 1 aliphatic heterocycles. The summed E-state index contributed by atoms with van der Waals surface area (Å²) < 4.78 is 0. The van der Waals surface area contributed by atoms with Gasteiger partial charge in [-0.1, -0.05) is 30.3 Å². The molecule has 1 saturated heterocycles. The molecule has 0 aromatic heterocycles. The van der Waals surface area contributed by atoms with Gasteiger partial charge >= 0.3 is 0 Å². The third-order valence-corrected chi connectivity index (χ3v) is 4.07. The molecule has 1 aliphatic rings. The van der Waals surface area contributed by atoms with E-state index < -0.39 is 0 Å². The molecule has 1 heterocycles. The normalized spacial score (nSPS) is 17.6. The Kier molecular flexibility index (Phi) is 9.10. The van der Waals surface area contributed by atoms with Gasteiger partial charge in [0.15, 0.2) is 5.96 Å². The lowest BCUT2D eigenvalue weighted by Gasteiger charge is -2.18. The van der Waals surface area contributed by atoms with Crippen LogP contribution in [0.4, 0.5) is 0 Å². The Morgan fingerprint density at radius 2 is 2.04 bits per heavy atom. The Labute approximate surface area is 162 Å². The molecule has 134 valence electrons. The monoisotopic (exact) mass is 444 g/mol. The average Bonchev–Trinajstić information content (AvgIpc) is 2.90. The van der Waals surface area contributed by atoms with E-state index in [0.29, 0.717) is 18.9 Å². The lowest BCUT2D eigenvalue weighted by atomic mass is 10.1. The maximum Gasteiger partial charge on any atom is 0.223 e. The zero-order valence-electron chi connectivity index (χ0n) is 14.9. The van der Waals surface area contributed by atoms with Gasteiger partial charge in [0.25, 0.3) is 0 Å². The number of hydrogen-bond donors (Lipinski definition) is 1. The average molecular weight is 444 g/mol. The van der Waals surface area contributed by atoms with Crippen LogP contribution in [0.5, 0.6) is 0 Å². The highest BCUT2D eigenvalue weighted by Crippen LogP contribution is 2.18. The summed E-state index contributed by atoms with van der Waals surface area (Å²) in [5, 5.41) is 3.25. The van der Waals surface area contributed by atoms with E-state index in [1.165, 1.54) is 5.56 Å². The number of rotatable bonds is 6. The van der Waals surface area contributed by atoms with E-state index in [4.69, 9.17) is 0 Å². The van der Waals surface area contributed by atoms with Crippen molar-refractivity contribution in [3.05, 3.63) is 35.9 Å². The first kappa shape index (κ1) is 20.7. The zero-order chi connectivity index (χ0) is 16.7. The minimum Gasteiger partial charge on any atom is -0.357 e. The highest BCUT2D eigenvalue weighted by Gasteiger charge is 2.29. The van der Waals surface area contributed by atoms with Crippen LogP contribution in [0.2, 0.25) is 0 Å². The van der Waals surface area contributed by atoms with Gasteiger partial charge in [-0.2, -0.15) is 0 Å². The standard InChI is InChI=1S/C18H28N4O.HI/c1-4-19-18(21(2)3)20-13-16-12-17(23)22(14-16)11-10-15-8-6-5-7-9-15;/h5-9,16H,4,10-14H2,1-3H3,(H,19,20);1H. The van der Waals surface area contributed by atoms with Crippen LogP contribution in [0.25, 0.3) is 0 Å². The van der Waals surface area contributed by atoms with E-state index in [0.717, 1.165) is 32.0 Å². The van der Waals surface area contributed by atoms with Gasteiger partial charge in [-0.25, -0.2) is 0 Å². The second-order valence-corrected chi connectivity index (χ2v) is 6.23. The van der Waals surface area contributed by atoms with Crippen LogP contribution in [-0.2, 0) is 11.2 Å². The predicted molar refractivity (Wildman–Crippen MR) is 110 cm³/mol. The highest BCUT2D eigenvalue weighted by molar-refractivity contribution is 14.0. The molecule has 0 spiro atoms. The zero-order valence-corrected chi connectivity index (χ0v) is 17.2. The van der Waals surface area contributed by atoms with Gasteiger partial charge < -0.3 is 15.1 Å². The molecular formula is C18H29IN4O. The molecule has 24 heavy (non-hydrogen) atoms. The second-order valence-electron chi connectivity index (χ2n) is 6.23. The summed E-state index contributed by atoms with van der Waals surface area (Å²) >= 11 is 0. The first-order valence-electron chi connectivity index (χ1n) is 8.37. The molecule has 1 atom stereocenters. The summed E-state index contributed by atoms with van der Waals surface area (Å²) in [6.45, 7) is 5.24. The first-order valence-corrected chi connectivity index (χ1v) is 8.37. The lowest BCUT2D eigenvalue weighted by molar-refractivity contribution is -0.127. The molecule has 1 amide bonds. The number of benzene rings is 1. The number of halogens is 1. The largest absolute Gasteiger partial charge is 0.357 e. The number of amides is 1. The molecule has 5 nitrogen and oxygen atoms in total. The Morgan fingerprint density at radius 1 is 1.33 bits per heavy atom. The van der Waals surface area contributed by atoms with Crippen LogP contribution in [0, 0.1) is 5.92 Å². The quantitative estimate of drug-likeness (QED) is 0.416. The van der Waals surface area contributed by atoms with Crippen molar-refractivity contribution in [1.29, 1.82) is 0 Å². The number of likely N-dealkylation sites (tertiary alicyclic amines) is 1. The summed E-state index contributed by atoms with van der Waals surface area (Å²) in [5.41, 5.74) is 1.28. The Balaban J connectivity index is 0.00000288. The van der Waals surface area contributed by atoms with E-state index in [9.17, 15) is 4.79 Å². The van der Waals surface area contributed by atoms with E-state index >= 15 is 0 Å². The van der Waals surface area contributed by atoms with Gasteiger partial charge in [0, 0.05) is 52.6 Å². The summed E-state index contributed by atoms with van der Waals surface area (Å²) in [6, 6.07) is 10.3. The number of aliphatic imine (C=N–C) groups is 1. The maximum atomic E-state index is 12.2. The van der Waals surface area contributed by atoms with Crippen molar-refractivity contribution < 1.29 is 4.79 Å². The number of carbonyl (C=O) groups is 1. The molecule has 0 saturated carbocycles. The molecule has 1 aromatic carbocycles. The van der Waals surface area contributed by atoms with Crippen LogP contribution < -0.4 is 5.32 Å². The van der Waals surface area contributed by atoms with Crippen molar-refractivity contribution in [3.63, 3.8) is 0 Å². The van der Waals surface area contributed by atoms with Crippen LogP contribution in [0.1, 0.15) is 18.9 Å². The van der Waals surface area contributed by atoms with Crippen LogP contribution >= 0.6 is 24.0 Å². The second kappa shape index (κ2) is 10.5. The third kappa shape index (κ3) is 6.30. The molecule has 1 N–H and O–H groups in total. The number of nitrogens with zero attached hydrogens (tertiary/aromatic N) is 3. The van der Waals surface area contributed by atoms with E-state index in [1.54, 1.807) is 0 Å². The van der Waals surface area contributed by atoms with E-state index in [1.807, 2.05) is 42.1 Å². The van der Waals surface area contributed by atoms with Crippen molar-refractivity contribution in [2.24, 2.45) is 10.9 Å². The number of hydrogen-bond acceptors (Lipinski definition) is 2. The summed E-state index contributed by atoms with van der Waals surface area (Å²) in [5.74, 6) is 1.48. The van der Waals surface area contributed by atoms with Crippen molar-refractivity contribution in [2.45, 2.75) is 19.8 Å². The lowest BCUT2D eigenvalue weighted by Crippen LogP contribution is -2.36. The number of carbonyl (C=O) groups excluding carboxylic acids is 1. The van der Waals surface area contributed by atoms with Crippen LogP contribution in [0.3, 0.4) is 0 Å². The maximum absolute atomic E-state index is 12.2. The van der Waals surface area contributed by atoms with Crippen molar-refractivity contribution >= 4 is 35.8 Å². The van der Waals surface area contributed by atoms with Crippen LogP contribution in [0.15, 0.2) is 35.3 Å². The third-order valence-electron chi connectivity index (χ3n) is 4.07. The smallest absolute Gasteiger partial charge is 0.223 e. The fraction of sp³-hybridized carbons (Fsp3) is 0.556. The number of guanidine groups is 1. The van der Waals surface area contributed by atoms with Crippen molar-refractivity contribution in [3.8, 4) is 0 Å². The number of nitrogens with one attached hydrogen (secondary N) is 1. The predicted octanol–water partition coefficient (Wildman–Crippen LogP) is 2.22. The van der Waals surface area contributed by atoms with Gasteiger partial charge in [0.05, 0.1) is 0 Å². The summed E-state index contributed by atoms with van der Waals surface area (Å²) in [6.07, 6.45) is 1.54. The van der Waals surface area contributed by atoms with E-state index in [2.05, 4.69) is 29.4 Å². The molecule has 6 heteroatoms. The molecule has 1 fully saturated rings. The molecule has 1 aromatic rings. The van der Waals surface area contributed by atoms with Crippen molar-refractivity contribution in [2.75, 3.05) is 40.3 Å². The Morgan fingerprint density at radius 3 is 2.67 bits per heavy atom. The van der Waals surface area contributed by atoms with E-state index in [-0.39, 0.29) is 29.9 Å². The summed E-state index contributed by atoms with van der Waals surface area (Å²) in [4.78, 5) is 20.8. The topological polar surface area (TPSA) is 47.9 Å². The fourth-order valence-corrected chi connectivity index (χ4v) is 2.83. The van der Waals surface area contributed by atoms with Gasteiger partial charge in [-0.05, 0) is 18.9 Å². The minimum atomic E-state index is 0. The fourth-order valence-electron chi connectivity index (χ4n) is 2.83. The Bertz CT molecular complexity index is 533. The summed E-state index contributed by atoms with van der Waals surface area (Å²) in [7, 11) is 3.96. The molecule has 2 rings (SSSR count). The van der Waals surface area contributed by atoms with Crippen LogP contribution in [-0.4, -0.2) is 61.9 Å². The molecule has 0 aliphatic carbocycles. The Hall–Kier alpha value is -1.31. The molecule has 0 radical (unpaired) electrons.